The molecule has 72 heavy (non-hydrogen) atoms. The smallest absolute Gasteiger partial charge is 0.306 e. The standard InChI is InChI=1S/C61H111NO10/c1-4-7-10-13-16-19-22-25-26-27-28-29-30-31-34-37-40-43-46-49-56(66)72-59-58(68)57(67)55(50-63)71-61(59)70-51-52(53(64)47-44-41-38-35-32-23-20-17-14-11-8-5-2)62-60(69)54(65)48-45-42-39-36-33-24-21-18-15-12-9-6-3/h16,19,25-26,33,36,44,47,52-55,57-59,61,63-65,67-68H,4-15,17-18,20-24,27-32,34-35,37-43,45-46,48-51H2,1-3H3,(H,62,69)/b19-16-,26-25-,36-33-,47-44+. The Kier molecular flexibility index (Phi) is 46.5. The lowest BCUT2D eigenvalue weighted by Gasteiger charge is -2.41. The minimum atomic E-state index is -1.62. The van der Waals surface area contributed by atoms with E-state index in [9.17, 15) is 35.1 Å². The first kappa shape index (κ1) is 67.6. The van der Waals surface area contributed by atoms with Gasteiger partial charge >= 0.3 is 5.97 Å². The molecular weight excluding hydrogens is 907 g/mol. The third kappa shape index (κ3) is 37.4. The number of hydrogen-bond donors (Lipinski definition) is 6. The van der Waals surface area contributed by atoms with Gasteiger partial charge in [0.05, 0.1) is 25.4 Å². The van der Waals surface area contributed by atoms with Crippen LogP contribution in [0.4, 0.5) is 0 Å². The number of carbonyl (C=O) groups excluding carboxylic acids is 2. The first-order valence-electron chi connectivity index (χ1n) is 29.9. The van der Waals surface area contributed by atoms with Crippen molar-refractivity contribution in [3.63, 3.8) is 0 Å². The number of allylic oxidation sites excluding steroid dienone is 7. The number of ether oxygens (including phenoxy) is 3. The van der Waals surface area contributed by atoms with Crippen LogP contribution in [-0.4, -0.2) is 99.6 Å². The minimum Gasteiger partial charge on any atom is -0.454 e. The van der Waals surface area contributed by atoms with E-state index in [0.717, 1.165) is 70.6 Å². The van der Waals surface area contributed by atoms with Gasteiger partial charge in [-0.15, -0.1) is 0 Å². The van der Waals surface area contributed by atoms with Crippen LogP contribution in [0.1, 0.15) is 265 Å². The lowest BCUT2D eigenvalue weighted by atomic mass is 9.99. The zero-order valence-electron chi connectivity index (χ0n) is 46.3. The summed E-state index contributed by atoms with van der Waals surface area (Å²) in [4.78, 5) is 26.5. The van der Waals surface area contributed by atoms with Gasteiger partial charge in [0.15, 0.2) is 12.4 Å². The molecule has 11 heteroatoms. The molecule has 1 saturated heterocycles. The molecule has 1 rings (SSSR count). The Bertz CT molecular complexity index is 1350. The van der Waals surface area contributed by atoms with Crippen LogP contribution in [0.15, 0.2) is 48.6 Å². The van der Waals surface area contributed by atoms with Crippen LogP contribution in [0.3, 0.4) is 0 Å². The highest BCUT2D eigenvalue weighted by molar-refractivity contribution is 5.80. The molecule has 0 bridgehead atoms. The summed E-state index contributed by atoms with van der Waals surface area (Å²) in [5.41, 5.74) is 0. The molecule has 1 aliphatic rings. The quantitative estimate of drug-likeness (QED) is 0.0195. The van der Waals surface area contributed by atoms with Crippen LogP contribution in [0.5, 0.6) is 0 Å². The topological polar surface area (TPSA) is 175 Å². The first-order chi connectivity index (χ1) is 35.2. The van der Waals surface area contributed by atoms with E-state index < -0.39 is 67.4 Å². The van der Waals surface area contributed by atoms with Gasteiger partial charge in [-0.2, -0.15) is 0 Å². The predicted octanol–water partition coefficient (Wildman–Crippen LogP) is 13.7. The molecule has 0 saturated carbocycles. The predicted molar refractivity (Wildman–Crippen MR) is 297 cm³/mol. The largest absolute Gasteiger partial charge is 0.454 e. The molecule has 0 spiro atoms. The number of aliphatic hydroxyl groups is 5. The molecule has 1 fully saturated rings. The Balaban J connectivity index is 2.69. The summed E-state index contributed by atoms with van der Waals surface area (Å²) in [5.74, 6) is -1.21. The number of unbranched alkanes of at least 4 members (excludes halogenated alkanes) is 30. The molecule has 0 aliphatic carbocycles. The maximum atomic E-state index is 13.4. The highest BCUT2D eigenvalue weighted by Crippen LogP contribution is 2.26. The van der Waals surface area contributed by atoms with Crippen molar-refractivity contribution < 1.29 is 49.3 Å². The molecule has 1 heterocycles. The van der Waals surface area contributed by atoms with Crippen molar-refractivity contribution in [3.05, 3.63) is 48.6 Å². The summed E-state index contributed by atoms with van der Waals surface area (Å²) in [7, 11) is 0. The van der Waals surface area contributed by atoms with Crippen LogP contribution in [0.2, 0.25) is 0 Å². The van der Waals surface area contributed by atoms with Gasteiger partial charge in [0.2, 0.25) is 5.91 Å². The summed E-state index contributed by atoms with van der Waals surface area (Å²) in [6.45, 7) is 5.74. The van der Waals surface area contributed by atoms with E-state index in [0.29, 0.717) is 12.8 Å². The molecular formula is C61H111NO10. The molecule has 11 nitrogen and oxygen atoms in total. The number of rotatable bonds is 50. The van der Waals surface area contributed by atoms with Gasteiger partial charge in [-0.05, 0) is 83.5 Å². The molecule has 0 aromatic heterocycles. The Morgan fingerprint density at radius 1 is 0.542 bits per heavy atom. The van der Waals surface area contributed by atoms with Gasteiger partial charge < -0.3 is 45.1 Å². The average Bonchev–Trinajstić information content (AvgIpc) is 3.38. The summed E-state index contributed by atoms with van der Waals surface area (Å²) >= 11 is 0. The molecule has 8 unspecified atom stereocenters. The van der Waals surface area contributed by atoms with Crippen LogP contribution in [-0.2, 0) is 23.8 Å². The molecule has 8 atom stereocenters. The van der Waals surface area contributed by atoms with Gasteiger partial charge in [0, 0.05) is 6.42 Å². The van der Waals surface area contributed by atoms with Crippen LogP contribution >= 0.6 is 0 Å². The lowest BCUT2D eigenvalue weighted by Crippen LogP contribution is -2.61. The zero-order chi connectivity index (χ0) is 52.5. The maximum absolute atomic E-state index is 13.4. The fourth-order valence-electron chi connectivity index (χ4n) is 9.15. The SMILES string of the molecule is CCCCC/C=C\C/C=C\CCCCCCCCCCCC(=O)OC1C(OCC(NC(=O)C(O)CCCC/C=C\CCCCCCCC)C(O)/C=C/CCCCCCCCCCCC)OC(CO)C(O)C1O. The molecule has 1 aliphatic heterocycles. The second kappa shape index (κ2) is 49.5. The number of carbonyl (C=O) groups is 2. The molecule has 6 N–H and O–H groups in total. The third-order valence-electron chi connectivity index (χ3n) is 14.0. The average molecular weight is 1020 g/mol. The van der Waals surface area contributed by atoms with E-state index >= 15 is 0 Å². The van der Waals surface area contributed by atoms with Crippen molar-refractivity contribution in [2.24, 2.45) is 0 Å². The van der Waals surface area contributed by atoms with Crippen molar-refractivity contribution in [2.45, 2.75) is 314 Å². The molecule has 0 radical (unpaired) electrons. The van der Waals surface area contributed by atoms with Crippen molar-refractivity contribution in [1.29, 1.82) is 0 Å². The number of hydrogen-bond acceptors (Lipinski definition) is 10. The van der Waals surface area contributed by atoms with Crippen molar-refractivity contribution in [3.8, 4) is 0 Å². The van der Waals surface area contributed by atoms with Crippen LogP contribution in [0, 0.1) is 0 Å². The van der Waals surface area contributed by atoms with Crippen LogP contribution < -0.4 is 5.32 Å². The van der Waals surface area contributed by atoms with E-state index in [1.165, 1.54) is 148 Å². The van der Waals surface area contributed by atoms with Gasteiger partial charge in [-0.3, -0.25) is 9.59 Å². The summed E-state index contributed by atoms with van der Waals surface area (Å²) in [5, 5.41) is 56.8. The molecule has 420 valence electrons. The number of nitrogens with one attached hydrogen (secondary N) is 1. The summed E-state index contributed by atoms with van der Waals surface area (Å²) < 4.78 is 17.6. The minimum absolute atomic E-state index is 0.117. The second-order valence-corrected chi connectivity index (χ2v) is 20.7. The maximum Gasteiger partial charge on any atom is 0.306 e. The van der Waals surface area contributed by atoms with Crippen molar-refractivity contribution in [1.82, 2.24) is 5.32 Å². The van der Waals surface area contributed by atoms with Crippen LogP contribution in [0.25, 0.3) is 0 Å². The molecule has 0 aromatic rings. The molecule has 1 amide bonds. The number of aliphatic hydroxyl groups excluding tert-OH is 5. The van der Waals surface area contributed by atoms with Gasteiger partial charge in [0.1, 0.15) is 24.4 Å². The van der Waals surface area contributed by atoms with Gasteiger partial charge in [-0.25, -0.2) is 0 Å². The van der Waals surface area contributed by atoms with Gasteiger partial charge in [-0.1, -0.05) is 223 Å². The highest BCUT2D eigenvalue weighted by atomic mass is 16.7. The van der Waals surface area contributed by atoms with Gasteiger partial charge in [0.25, 0.3) is 0 Å². The number of esters is 1. The molecule has 0 aromatic carbocycles. The van der Waals surface area contributed by atoms with E-state index in [1.54, 1.807) is 6.08 Å². The summed E-state index contributed by atoms with van der Waals surface area (Å²) in [6.07, 6.45) is 48.7. The Labute approximate surface area is 440 Å². The Morgan fingerprint density at radius 2 is 0.958 bits per heavy atom. The first-order valence-corrected chi connectivity index (χ1v) is 29.9. The monoisotopic (exact) mass is 1020 g/mol. The number of amides is 1. The fraction of sp³-hybridized carbons (Fsp3) is 0.836. The normalized spacial score (nSPS) is 19.8. The Morgan fingerprint density at radius 3 is 1.46 bits per heavy atom. The van der Waals surface area contributed by atoms with Crippen molar-refractivity contribution in [2.75, 3.05) is 13.2 Å². The second-order valence-electron chi connectivity index (χ2n) is 20.7. The lowest BCUT2D eigenvalue weighted by molar-refractivity contribution is -0.305. The Hall–Kier alpha value is -2.38. The van der Waals surface area contributed by atoms with E-state index in [4.69, 9.17) is 14.2 Å². The summed E-state index contributed by atoms with van der Waals surface area (Å²) in [6, 6.07) is -1.03. The highest BCUT2D eigenvalue weighted by Gasteiger charge is 2.47. The zero-order valence-corrected chi connectivity index (χ0v) is 46.3. The fourth-order valence-corrected chi connectivity index (χ4v) is 9.15. The van der Waals surface area contributed by atoms with E-state index in [1.807, 2.05) is 6.08 Å². The third-order valence-corrected chi connectivity index (χ3v) is 14.0. The van der Waals surface area contributed by atoms with E-state index in [-0.39, 0.29) is 19.4 Å². The van der Waals surface area contributed by atoms with Crippen molar-refractivity contribution >= 4 is 11.9 Å². The van der Waals surface area contributed by atoms with E-state index in [2.05, 4.69) is 62.5 Å².